The Morgan fingerprint density at radius 3 is 1.13 bits per heavy atom. The second kappa shape index (κ2) is 29.8. The van der Waals surface area contributed by atoms with Crippen LogP contribution in [0.3, 0.4) is 0 Å². The lowest BCUT2D eigenvalue weighted by atomic mass is 10.2. The second-order valence-electron chi connectivity index (χ2n) is 7.45. The molecule has 0 amide bonds. The number of nitrogens with one attached hydrogen (secondary N) is 1. The smallest absolute Gasteiger partial charge is 0.372 e. The predicted octanol–water partition coefficient (Wildman–Crippen LogP) is -0.684. The lowest BCUT2D eigenvalue weighted by molar-refractivity contribution is -0.151. The van der Waals surface area contributed by atoms with E-state index >= 15 is 0 Å². The number of carbonyl (C=O) groups is 3. The van der Waals surface area contributed by atoms with Crippen LogP contribution in [0.2, 0.25) is 0 Å². The van der Waals surface area contributed by atoms with Crippen LogP contribution in [0.5, 0.6) is 0 Å². The molecule has 0 fully saturated rings. The minimum atomic E-state index is -1.56. The quantitative estimate of drug-likeness (QED) is 0.0627. The number of ketones is 1. The maximum atomic E-state index is 11.3. The summed E-state index contributed by atoms with van der Waals surface area (Å²) in [5.74, 6) is -3.23. The van der Waals surface area contributed by atoms with Gasteiger partial charge in [0, 0.05) is 13.0 Å². The summed E-state index contributed by atoms with van der Waals surface area (Å²) in [4.78, 5) is 32.5. The van der Waals surface area contributed by atoms with Crippen LogP contribution >= 0.6 is 0 Å². The van der Waals surface area contributed by atoms with E-state index in [2.05, 4.69) is 5.32 Å². The second-order valence-corrected chi connectivity index (χ2v) is 7.45. The van der Waals surface area contributed by atoms with E-state index in [0.29, 0.717) is 99.1 Å². The highest BCUT2D eigenvalue weighted by atomic mass is 16.6. The predicted molar refractivity (Wildman–Crippen MR) is 133 cm³/mol. The van der Waals surface area contributed by atoms with Crippen molar-refractivity contribution in [2.24, 2.45) is 0 Å². The fourth-order valence-corrected chi connectivity index (χ4v) is 2.42. The summed E-state index contributed by atoms with van der Waals surface area (Å²) in [5.41, 5.74) is 0. The number of esters is 1. The van der Waals surface area contributed by atoms with Crippen molar-refractivity contribution in [2.75, 3.05) is 126 Å². The van der Waals surface area contributed by atoms with E-state index in [1.165, 1.54) is 0 Å². The van der Waals surface area contributed by atoms with Crippen molar-refractivity contribution in [3.63, 3.8) is 0 Å². The summed E-state index contributed by atoms with van der Waals surface area (Å²) in [6.07, 6.45) is -0.650. The van der Waals surface area contributed by atoms with Crippen LogP contribution < -0.4 is 5.32 Å². The molecule has 14 heteroatoms. The Hall–Kier alpha value is -1.75. The molecule has 0 radical (unpaired) electrons. The molecule has 0 aromatic rings. The average molecular weight is 556 g/mol. The lowest BCUT2D eigenvalue weighted by Crippen LogP contribution is -2.17. The lowest BCUT2D eigenvalue weighted by Gasteiger charge is -2.09. The fourth-order valence-electron chi connectivity index (χ4n) is 2.42. The number of likely N-dealkylation sites (N-methyl/N-ethyl adjacent to an activating group) is 1. The fraction of sp³-hybridized carbons (Fsp3) is 0.875. The van der Waals surface area contributed by atoms with Gasteiger partial charge in [0.25, 0.3) is 0 Å². The van der Waals surface area contributed by atoms with Crippen molar-refractivity contribution >= 4 is 17.7 Å². The van der Waals surface area contributed by atoms with Crippen LogP contribution in [0.25, 0.3) is 0 Å². The number of hydrogen-bond acceptors (Lipinski definition) is 13. The molecule has 0 aliphatic rings. The molecule has 0 rings (SSSR count). The molecule has 38 heavy (non-hydrogen) atoms. The molecule has 0 atom stereocenters. The molecule has 0 saturated heterocycles. The summed E-state index contributed by atoms with van der Waals surface area (Å²) in [6.45, 7) is 8.28. The van der Waals surface area contributed by atoms with Gasteiger partial charge in [-0.25, -0.2) is 4.79 Å². The van der Waals surface area contributed by atoms with Crippen LogP contribution in [0.1, 0.15) is 12.8 Å². The molecule has 0 aliphatic heterocycles. The number of aliphatic carboxylic acids is 1. The summed E-state index contributed by atoms with van der Waals surface area (Å²) < 4.78 is 47.8. The summed E-state index contributed by atoms with van der Waals surface area (Å²) in [6, 6.07) is 0. The molecule has 0 aromatic heterocycles. The Morgan fingerprint density at radius 2 is 0.816 bits per heavy atom. The zero-order valence-corrected chi connectivity index (χ0v) is 22.5. The van der Waals surface area contributed by atoms with Crippen molar-refractivity contribution in [2.45, 2.75) is 12.8 Å². The molecule has 0 bridgehead atoms. The molecular formula is C24H45NO13. The number of carbonyl (C=O) groups excluding carboxylic acids is 2. The molecule has 0 saturated carbocycles. The van der Waals surface area contributed by atoms with Crippen LogP contribution in [-0.4, -0.2) is 149 Å². The van der Waals surface area contributed by atoms with E-state index in [0.717, 1.165) is 6.54 Å². The van der Waals surface area contributed by atoms with Crippen LogP contribution in [0.4, 0.5) is 0 Å². The minimum Gasteiger partial charge on any atom is -0.476 e. The van der Waals surface area contributed by atoms with Crippen molar-refractivity contribution in [1.82, 2.24) is 5.32 Å². The van der Waals surface area contributed by atoms with Crippen LogP contribution in [0.15, 0.2) is 0 Å². The van der Waals surface area contributed by atoms with E-state index in [9.17, 15) is 14.4 Å². The molecule has 14 nitrogen and oxygen atoms in total. The third-order valence-electron chi connectivity index (χ3n) is 4.39. The number of carboxylic acid groups (broad SMARTS) is 1. The van der Waals surface area contributed by atoms with Gasteiger partial charge in [-0.1, -0.05) is 0 Å². The summed E-state index contributed by atoms with van der Waals surface area (Å²) in [5, 5.41) is 11.4. The highest BCUT2D eigenvalue weighted by Crippen LogP contribution is 1.95. The van der Waals surface area contributed by atoms with Gasteiger partial charge < -0.3 is 53.1 Å². The van der Waals surface area contributed by atoms with Crippen molar-refractivity contribution in [3.8, 4) is 0 Å². The molecule has 2 N–H and O–H groups in total. The van der Waals surface area contributed by atoms with Crippen molar-refractivity contribution in [1.29, 1.82) is 0 Å². The van der Waals surface area contributed by atoms with E-state index < -0.39 is 17.7 Å². The van der Waals surface area contributed by atoms with Crippen molar-refractivity contribution < 1.29 is 62.1 Å². The Labute approximate surface area is 224 Å². The monoisotopic (exact) mass is 555 g/mol. The highest BCUT2D eigenvalue weighted by molar-refractivity contribution is 6.32. The van der Waals surface area contributed by atoms with Gasteiger partial charge in [-0.2, -0.15) is 0 Å². The maximum Gasteiger partial charge on any atom is 0.372 e. The Bertz CT molecular complexity index is 565. The van der Waals surface area contributed by atoms with Gasteiger partial charge in [0.2, 0.25) is 5.78 Å². The Kier molecular flexibility index (Phi) is 28.4. The maximum absolute atomic E-state index is 11.3. The molecule has 0 unspecified atom stereocenters. The molecule has 0 spiro atoms. The molecular weight excluding hydrogens is 510 g/mol. The zero-order valence-electron chi connectivity index (χ0n) is 22.5. The zero-order chi connectivity index (χ0) is 27.9. The summed E-state index contributed by atoms with van der Waals surface area (Å²) in [7, 11) is 1.88. The number of hydrogen-bond donors (Lipinski definition) is 2. The summed E-state index contributed by atoms with van der Waals surface area (Å²) >= 11 is 0. The van der Waals surface area contributed by atoms with Gasteiger partial charge in [0.1, 0.15) is 6.61 Å². The number of ether oxygens (including phenoxy) is 9. The molecule has 0 aromatic carbocycles. The molecule has 224 valence electrons. The first-order valence-electron chi connectivity index (χ1n) is 12.8. The Balaban J connectivity index is 3.13. The number of rotatable bonds is 31. The number of Topliss-reactive ketones (excluding diaryl/α,β-unsaturated/α-hetero) is 1. The first-order chi connectivity index (χ1) is 18.6. The first-order valence-corrected chi connectivity index (χ1v) is 12.8. The standard InChI is InChI=1S/C24H45NO13/c1-25-4-5-30-6-7-31-8-9-32-10-11-33-12-13-34-14-15-35-16-17-36-18-19-37-20-21-38-23(27)3-2-22(26)24(28)29/h25H,2-21H2,1H3,(H,28,29). The SMILES string of the molecule is CNCCOCCOCCOCCOCCOCCOCCOCCOCCOC(=O)CCC(=O)C(=O)O. The number of carboxylic acids is 1. The average Bonchev–Trinajstić information content (AvgIpc) is 2.91. The molecule has 0 aliphatic carbocycles. The van der Waals surface area contributed by atoms with Gasteiger partial charge >= 0.3 is 11.9 Å². The third-order valence-corrected chi connectivity index (χ3v) is 4.39. The normalized spacial score (nSPS) is 11.1. The van der Waals surface area contributed by atoms with Gasteiger partial charge in [-0.15, -0.1) is 0 Å². The van der Waals surface area contributed by atoms with E-state index in [1.54, 1.807) is 0 Å². The van der Waals surface area contributed by atoms with Gasteiger partial charge in [-0.05, 0) is 7.05 Å². The van der Waals surface area contributed by atoms with Crippen LogP contribution in [-0.2, 0) is 57.0 Å². The van der Waals surface area contributed by atoms with Gasteiger partial charge in [-0.3, -0.25) is 9.59 Å². The molecule has 0 heterocycles. The third kappa shape index (κ3) is 28.8. The largest absolute Gasteiger partial charge is 0.476 e. The van der Waals surface area contributed by atoms with E-state index in [-0.39, 0.29) is 26.1 Å². The topological polar surface area (TPSA) is 167 Å². The van der Waals surface area contributed by atoms with E-state index in [4.69, 9.17) is 47.7 Å². The van der Waals surface area contributed by atoms with Crippen LogP contribution in [0, 0.1) is 0 Å². The van der Waals surface area contributed by atoms with Crippen molar-refractivity contribution in [3.05, 3.63) is 0 Å². The van der Waals surface area contributed by atoms with Gasteiger partial charge in [0.05, 0.1) is 112 Å². The Morgan fingerprint density at radius 1 is 0.500 bits per heavy atom. The van der Waals surface area contributed by atoms with Gasteiger partial charge in [0.15, 0.2) is 0 Å². The van der Waals surface area contributed by atoms with E-state index in [1.807, 2.05) is 7.05 Å². The highest BCUT2D eigenvalue weighted by Gasteiger charge is 2.14. The minimum absolute atomic E-state index is 0.0198. The first kappa shape index (κ1) is 36.2.